The van der Waals surface area contributed by atoms with Gasteiger partial charge in [-0.2, -0.15) is 0 Å². The van der Waals surface area contributed by atoms with Gasteiger partial charge in [0, 0.05) is 19.0 Å². The standard InChI is InChI=1S/C9H19BrO/c1-4-5-9(2,8-10)6-7-11-3/h4-8H2,1-3H3. The van der Waals surface area contributed by atoms with Crippen LogP contribution in [0.1, 0.15) is 33.1 Å². The van der Waals surface area contributed by atoms with Crippen molar-refractivity contribution in [2.45, 2.75) is 33.1 Å². The summed E-state index contributed by atoms with van der Waals surface area (Å²) in [7, 11) is 1.76. The Morgan fingerprint density at radius 3 is 2.36 bits per heavy atom. The van der Waals surface area contributed by atoms with Crippen LogP contribution in [0.3, 0.4) is 0 Å². The van der Waals surface area contributed by atoms with E-state index in [-0.39, 0.29) is 0 Å². The lowest BCUT2D eigenvalue weighted by atomic mass is 9.85. The molecule has 0 N–H and O–H groups in total. The average molecular weight is 223 g/mol. The second-order valence-corrected chi connectivity index (χ2v) is 4.00. The van der Waals surface area contributed by atoms with Gasteiger partial charge in [0.05, 0.1) is 0 Å². The molecule has 0 rings (SSSR count). The molecule has 1 nitrogen and oxygen atoms in total. The number of ether oxygens (including phenoxy) is 1. The molecular weight excluding hydrogens is 204 g/mol. The van der Waals surface area contributed by atoms with Crippen molar-refractivity contribution >= 4 is 15.9 Å². The summed E-state index contributed by atoms with van der Waals surface area (Å²) in [4.78, 5) is 0. The third-order valence-electron chi connectivity index (χ3n) is 2.09. The first-order valence-corrected chi connectivity index (χ1v) is 5.35. The zero-order valence-corrected chi connectivity index (χ0v) is 9.41. The number of methoxy groups -OCH3 is 1. The number of halogens is 1. The van der Waals surface area contributed by atoms with E-state index < -0.39 is 0 Å². The second-order valence-electron chi connectivity index (χ2n) is 3.44. The van der Waals surface area contributed by atoms with Gasteiger partial charge in [0.2, 0.25) is 0 Å². The lowest BCUT2D eigenvalue weighted by molar-refractivity contribution is 0.150. The molecule has 0 saturated carbocycles. The van der Waals surface area contributed by atoms with Gasteiger partial charge in [-0.15, -0.1) is 0 Å². The third kappa shape index (κ3) is 4.81. The molecule has 0 spiro atoms. The van der Waals surface area contributed by atoms with Gasteiger partial charge in [-0.05, 0) is 18.3 Å². The molecule has 0 saturated heterocycles. The van der Waals surface area contributed by atoms with E-state index in [4.69, 9.17) is 4.74 Å². The monoisotopic (exact) mass is 222 g/mol. The Morgan fingerprint density at radius 1 is 1.36 bits per heavy atom. The first-order chi connectivity index (χ1) is 5.18. The Bertz CT molecular complexity index is 95.6. The van der Waals surface area contributed by atoms with Crippen molar-refractivity contribution in [2.75, 3.05) is 19.0 Å². The lowest BCUT2D eigenvalue weighted by Crippen LogP contribution is -2.20. The number of rotatable bonds is 6. The van der Waals surface area contributed by atoms with Crippen LogP contribution in [-0.2, 0) is 4.74 Å². The Balaban J connectivity index is 3.68. The summed E-state index contributed by atoms with van der Waals surface area (Å²) in [5.41, 5.74) is 0.435. The fourth-order valence-corrected chi connectivity index (χ4v) is 1.77. The van der Waals surface area contributed by atoms with E-state index in [1.807, 2.05) is 0 Å². The van der Waals surface area contributed by atoms with Gasteiger partial charge >= 0.3 is 0 Å². The summed E-state index contributed by atoms with van der Waals surface area (Å²) in [6.07, 6.45) is 3.69. The fourth-order valence-electron chi connectivity index (χ4n) is 1.21. The minimum atomic E-state index is 0.435. The molecule has 0 aromatic rings. The summed E-state index contributed by atoms with van der Waals surface area (Å²) in [6.45, 7) is 5.42. The predicted octanol–water partition coefficient (Wildman–Crippen LogP) is 3.22. The maximum Gasteiger partial charge on any atom is 0.0467 e. The van der Waals surface area contributed by atoms with Crippen LogP contribution in [0.25, 0.3) is 0 Å². The Morgan fingerprint density at radius 2 is 2.00 bits per heavy atom. The highest BCUT2D eigenvalue weighted by Gasteiger charge is 2.20. The van der Waals surface area contributed by atoms with Crippen LogP contribution in [0.4, 0.5) is 0 Å². The van der Waals surface area contributed by atoms with Gasteiger partial charge in [0.15, 0.2) is 0 Å². The van der Waals surface area contributed by atoms with Crippen molar-refractivity contribution in [2.24, 2.45) is 5.41 Å². The summed E-state index contributed by atoms with van der Waals surface area (Å²) < 4.78 is 5.06. The summed E-state index contributed by atoms with van der Waals surface area (Å²) in [5.74, 6) is 0. The van der Waals surface area contributed by atoms with Crippen LogP contribution in [0.15, 0.2) is 0 Å². The highest BCUT2D eigenvalue weighted by molar-refractivity contribution is 9.09. The third-order valence-corrected chi connectivity index (χ3v) is 3.44. The zero-order chi connectivity index (χ0) is 8.74. The SMILES string of the molecule is CCCC(C)(CBr)CCOC. The number of hydrogen-bond donors (Lipinski definition) is 0. The van der Waals surface area contributed by atoms with E-state index in [0.29, 0.717) is 5.41 Å². The van der Waals surface area contributed by atoms with Crippen molar-refractivity contribution in [3.05, 3.63) is 0 Å². The van der Waals surface area contributed by atoms with Crippen molar-refractivity contribution in [3.8, 4) is 0 Å². The Hall–Kier alpha value is 0.440. The highest BCUT2D eigenvalue weighted by Crippen LogP contribution is 2.29. The molecule has 0 aliphatic rings. The first-order valence-electron chi connectivity index (χ1n) is 4.23. The van der Waals surface area contributed by atoms with Crippen LogP contribution < -0.4 is 0 Å². The molecule has 0 heterocycles. The van der Waals surface area contributed by atoms with Crippen molar-refractivity contribution in [3.63, 3.8) is 0 Å². The normalized spacial score (nSPS) is 16.4. The van der Waals surface area contributed by atoms with E-state index in [1.165, 1.54) is 12.8 Å². The van der Waals surface area contributed by atoms with Gasteiger partial charge in [0.25, 0.3) is 0 Å². The van der Waals surface area contributed by atoms with Crippen LogP contribution in [0, 0.1) is 5.41 Å². The van der Waals surface area contributed by atoms with E-state index in [9.17, 15) is 0 Å². The molecule has 0 amide bonds. The minimum Gasteiger partial charge on any atom is -0.385 e. The Labute approximate surface area is 78.6 Å². The van der Waals surface area contributed by atoms with Gasteiger partial charge in [-0.3, -0.25) is 0 Å². The zero-order valence-electron chi connectivity index (χ0n) is 7.82. The topological polar surface area (TPSA) is 9.23 Å². The molecule has 2 heteroatoms. The molecule has 0 aliphatic heterocycles. The smallest absolute Gasteiger partial charge is 0.0467 e. The van der Waals surface area contributed by atoms with Crippen LogP contribution >= 0.6 is 15.9 Å². The van der Waals surface area contributed by atoms with Crippen LogP contribution in [0.2, 0.25) is 0 Å². The van der Waals surface area contributed by atoms with E-state index in [1.54, 1.807) is 7.11 Å². The average Bonchev–Trinajstić information content (AvgIpc) is 2.02. The minimum absolute atomic E-state index is 0.435. The molecule has 68 valence electrons. The molecule has 1 unspecified atom stereocenters. The molecule has 0 aromatic heterocycles. The van der Waals surface area contributed by atoms with Crippen molar-refractivity contribution < 1.29 is 4.74 Å². The van der Waals surface area contributed by atoms with E-state index >= 15 is 0 Å². The van der Waals surface area contributed by atoms with E-state index in [0.717, 1.165) is 18.4 Å². The molecule has 0 aromatic carbocycles. The van der Waals surface area contributed by atoms with Crippen molar-refractivity contribution in [1.29, 1.82) is 0 Å². The van der Waals surface area contributed by atoms with Gasteiger partial charge in [-0.25, -0.2) is 0 Å². The van der Waals surface area contributed by atoms with Crippen LogP contribution in [-0.4, -0.2) is 19.0 Å². The highest BCUT2D eigenvalue weighted by atomic mass is 79.9. The molecule has 1 atom stereocenters. The predicted molar refractivity (Wildman–Crippen MR) is 53.3 cm³/mol. The molecule has 0 fully saturated rings. The summed E-state index contributed by atoms with van der Waals surface area (Å²) in [6, 6.07) is 0. The molecule has 0 aliphatic carbocycles. The molecular formula is C9H19BrO. The quantitative estimate of drug-likeness (QED) is 0.628. The molecule has 11 heavy (non-hydrogen) atoms. The maximum atomic E-state index is 5.06. The molecule has 0 bridgehead atoms. The van der Waals surface area contributed by atoms with Gasteiger partial charge < -0.3 is 4.74 Å². The summed E-state index contributed by atoms with van der Waals surface area (Å²) >= 11 is 3.55. The fraction of sp³-hybridized carbons (Fsp3) is 1.00. The largest absolute Gasteiger partial charge is 0.385 e. The second kappa shape index (κ2) is 6.01. The van der Waals surface area contributed by atoms with Crippen LogP contribution in [0.5, 0.6) is 0 Å². The van der Waals surface area contributed by atoms with Gasteiger partial charge in [-0.1, -0.05) is 36.2 Å². The van der Waals surface area contributed by atoms with Gasteiger partial charge in [0.1, 0.15) is 0 Å². The molecule has 0 radical (unpaired) electrons. The maximum absolute atomic E-state index is 5.06. The first kappa shape index (κ1) is 11.4. The Kier molecular flexibility index (Phi) is 6.25. The lowest BCUT2D eigenvalue weighted by Gasteiger charge is -2.26. The number of alkyl halides is 1. The summed E-state index contributed by atoms with van der Waals surface area (Å²) in [5, 5.41) is 1.08. The van der Waals surface area contributed by atoms with Crippen molar-refractivity contribution in [1.82, 2.24) is 0 Å². The van der Waals surface area contributed by atoms with E-state index in [2.05, 4.69) is 29.8 Å². The number of hydrogen-bond acceptors (Lipinski definition) is 1.